The van der Waals surface area contributed by atoms with Crippen molar-refractivity contribution in [2.24, 2.45) is 7.05 Å². The van der Waals surface area contributed by atoms with Crippen LogP contribution in [0.15, 0.2) is 6.20 Å². The molecule has 108 valence electrons. The summed E-state index contributed by atoms with van der Waals surface area (Å²) in [4.78, 5) is 11.8. The fraction of sp³-hybridized carbons (Fsp3) is 0.714. The lowest BCUT2D eigenvalue weighted by molar-refractivity contribution is -0.123. The fourth-order valence-corrected chi connectivity index (χ4v) is 1.94. The lowest BCUT2D eigenvalue weighted by atomic mass is 10.1. The number of carbonyl (C=O) groups excluding carboxylic acids is 1. The molecule has 0 saturated heterocycles. The molecule has 0 radical (unpaired) electrons. The summed E-state index contributed by atoms with van der Waals surface area (Å²) >= 11 is 0. The summed E-state index contributed by atoms with van der Waals surface area (Å²) in [6.45, 7) is 10.7. The van der Waals surface area contributed by atoms with E-state index in [1.165, 1.54) is 0 Å². The Kier molecular flexibility index (Phi) is 5.54. The Bertz CT molecular complexity index is 423. The van der Waals surface area contributed by atoms with E-state index < -0.39 is 0 Å². The van der Waals surface area contributed by atoms with E-state index in [1.807, 2.05) is 38.7 Å². The number of amides is 1. The average Bonchev–Trinajstić information content (AvgIpc) is 2.66. The second kappa shape index (κ2) is 6.70. The zero-order valence-electron chi connectivity index (χ0n) is 12.8. The summed E-state index contributed by atoms with van der Waals surface area (Å²) in [7, 11) is 1.92. The first-order chi connectivity index (χ1) is 8.81. The van der Waals surface area contributed by atoms with Crippen molar-refractivity contribution < 1.29 is 4.79 Å². The van der Waals surface area contributed by atoms with Crippen molar-refractivity contribution in [1.29, 1.82) is 0 Å². The van der Waals surface area contributed by atoms with Crippen LogP contribution in [0.4, 0.5) is 0 Å². The van der Waals surface area contributed by atoms with E-state index in [4.69, 9.17) is 0 Å². The predicted molar refractivity (Wildman–Crippen MR) is 76.9 cm³/mol. The Morgan fingerprint density at radius 2 is 1.95 bits per heavy atom. The van der Waals surface area contributed by atoms with Crippen molar-refractivity contribution in [3.63, 3.8) is 0 Å². The first kappa shape index (κ1) is 15.7. The standard InChI is InChI=1S/C14H26N4O/c1-9(2)13-12(8-18(6)17-13)7-15-11(5)14(19)16-10(3)4/h8-11,15H,7H2,1-6H3,(H,16,19). The van der Waals surface area contributed by atoms with Crippen molar-refractivity contribution in [1.82, 2.24) is 20.4 Å². The molecule has 0 aliphatic heterocycles. The zero-order chi connectivity index (χ0) is 14.6. The number of hydrogen-bond donors (Lipinski definition) is 2. The maximum absolute atomic E-state index is 11.8. The van der Waals surface area contributed by atoms with Gasteiger partial charge in [-0.3, -0.25) is 9.48 Å². The molecule has 0 aliphatic carbocycles. The summed E-state index contributed by atoms with van der Waals surface area (Å²) in [5.74, 6) is 0.419. The maximum atomic E-state index is 11.8. The molecule has 1 aromatic heterocycles. The molecule has 1 amide bonds. The first-order valence-electron chi connectivity index (χ1n) is 6.87. The lowest BCUT2D eigenvalue weighted by Crippen LogP contribution is -2.44. The summed E-state index contributed by atoms with van der Waals surface area (Å²) in [5.41, 5.74) is 2.24. The van der Waals surface area contributed by atoms with Crippen LogP contribution in [0.25, 0.3) is 0 Å². The van der Waals surface area contributed by atoms with Gasteiger partial charge in [0.2, 0.25) is 5.91 Å². The molecule has 1 aromatic rings. The Morgan fingerprint density at radius 3 is 2.47 bits per heavy atom. The van der Waals surface area contributed by atoms with Gasteiger partial charge in [-0.25, -0.2) is 0 Å². The lowest BCUT2D eigenvalue weighted by Gasteiger charge is -2.16. The van der Waals surface area contributed by atoms with E-state index in [0.717, 1.165) is 11.3 Å². The number of nitrogens with one attached hydrogen (secondary N) is 2. The fourth-order valence-electron chi connectivity index (χ4n) is 1.94. The van der Waals surface area contributed by atoms with Crippen molar-refractivity contribution in [2.45, 2.75) is 59.2 Å². The summed E-state index contributed by atoms with van der Waals surface area (Å²) < 4.78 is 1.82. The molecule has 5 nitrogen and oxygen atoms in total. The second-order valence-corrected chi connectivity index (χ2v) is 5.63. The molecule has 0 aliphatic rings. The van der Waals surface area contributed by atoms with E-state index in [2.05, 4.69) is 29.6 Å². The molecule has 1 heterocycles. The Balaban J connectivity index is 2.59. The van der Waals surface area contributed by atoms with Crippen molar-refractivity contribution >= 4 is 5.91 Å². The van der Waals surface area contributed by atoms with Crippen LogP contribution in [-0.2, 0) is 18.4 Å². The predicted octanol–water partition coefficient (Wildman–Crippen LogP) is 1.55. The molecule has 0 aromatic carbocycles. The molecule has 19 heavy (non-hydrogen) atoms. The third kappa shape index (κ3) is 4.67. The van der Waals surface area contributed by atoms with Crippen LogP contribution >= 0.6 is 0 Å². The largest absolute Gasteiger partial charge is 0.353 e. The van der Waals surface area contributed by atoms with Crippen LogP contribution in [0.1, 0.15) is 51.8 Å². The van der Waals surface area contributed by atoms with E-state index in [1.54, 1.807) is 0 Å². The van der Waals surface area contributed by atoms with Gasteiger partial charge in [-0.2, -0.15) is 5.10 Å². The van der Waals surface area contributed by atoms with Gasteiger partial charge in [0.1, 0.15) is 0 Å². The van der Waals surface area contributed by atoms with Crippen molar-refractivity contribution in [3.05, 3.63) is 17.5 Å². The van der Waals surface area contributed by atoms with Gasteiger partial charge >= 0.3 is 0 Å². The number of rotatable bonds is 6. The molecule has 2 N–H and O–H groups in total. The number of nitrogens with zero attached hydrogens (tertiary/aromatic N) is 2. The summed E-state index contributed by atoms with van der Waals surface area (Å²) in [6, 6.07) is -0.0380. The minimum atomic E-state index is -0.206. The molecule has 0 fully saturated rings. The second-order valence-electron chi connectivity index (χ2n) is 5.63. The molecular formula is C14H26N4O. The number of aromatic nitrogens is 2. The van der Waals surface area contributed by atoms with E-state index in [0.29, 0.717) is 12.5 Å². The molecule has 1 rings (SSSR count). The number of aryl methyl sites for hydroxylation is 1. The Hall–Kier alpha value is -1.36. The highest BCUT2D eigenvalue weighted by Gasteiger charge is 2.16. The molecular weight excluding hydrogens is 240 g/mol. The highest BCUT2D eigenvalue weighted by Crippen LogP contribution is 2.17. The molecule has 0 spiro atoms. The molecule has 5 heteroatoms. The minimum Gasteiger partial charge on any atom is -0.353 e. The van der Waals surface area contributed by atoms with Crippen LogP contribution in [0, 0.1) is 0 Å². The smallest absolute Gasteiger partial charge is 0.237 e. The van der Waals surface area contributed by atoms with Gasteiger partial charge in [0, 0.05) is 31.4 Å². The monoisotopic (exact) mass is 266 g/mol. The normalized spacial score (nSPS) is 13.1. The topological polar surface area (TPSA) is 59.0 Å². The van der Waals surface area contributed by atoms with Crippen LogP contribution in [0.2, 0.25) is 0 Å². The van der Waals surface area contributed by atoms with E-state index in [-0.39, 0.29) is 18.0 Å². The molecule has 0 saturated carbocycles. The van der Waals surface area contributed by atoms with Gasteiger partial charge in [-0.05, 0) is 26.7 Å². The average molecular weight is 266 g/mol. The van der Waals surface area contributed by atoms with Crippen LogP contribution < -0.4 is 10.6 Å². The quantitative estimate of drug-likeness (QED) is 0.821. The van der Waals surface area contributed by atoms with Crippen LogP contribution in [0.3, 0.4) is 0 Å². The number of carbonyl (C=O) groups is 1. The van der Waals surface area contributed by atoms with Crippen molar-refractivity contribution in [3.8, 4) is 0 Å². The zero-order valence-corrected chi connectivity index (χ0v) is 12.8. The maximum Gasteiger partial charge on any atom is 0.237 e. The van der Waals surface area contributed by atoms with E-state index in [9.17, 15) is 4.79 Å². The Labute approximate surface area is 115 Å². The van der Waals surface area contributed by atoms with E-state index >= 15 is 0 Å². The van der Waals surface area contributed by atoms with Crippen molar-refractivity contribution in [2.75, 3.05) is 0 Å². The molecule has 0 bridgehead atoms. The Morgan fingerprint density at radius 1 is 1.32 bits per heavy atom. The van der Waals surface area contributed by atoms with Crippen LogP contribution in [-0.4, -0.2) is 27.8 Å². The van der Waals surface area contributed by atoms with Gasteiger partial charge in [0.15, 0.2) is 0 Å². The minimum absolute atomic E-state index is 0.0324. The summed E-state index contributed by atoms with van der Waals surface area (Å²) in [6.07, 6.45) is 2.01. The van der Waals surface area contributed by atoms with Gasteiger partial charge in [0.25, 0.3) is 0 Å². The van der Waals surface area contributed by atoms with Gasteiger partial charge in [-0.15, -0.1) is 0 Å². The third-order valence-electron chi connectivity index (χ3n) is 2.91. The SMILES string of the molecule is CC(C)NC(=O)C(C)NCc1cn(C)nc1C(C)C. The van der Waals surface area contributed by atoms with Crippen LogP contribution in [0.5, 0.6) is 0 Å². The highest BCUT2D eigenvalue weighted by atomic mass is 16.2. The molecule has 1 unspecified atom stereocenters. The van der Waals surface area contributed by atoms with Gasteiger partial charge in [-0.1, -0.05) is 13.8 Å². The van der Waals surface area contributed by atoms with Gasteiger partial charge in [0.05, 0.1) is 11.7 Å². The number of hydrogen-bond acceptors (Lipinski definition) is 3. The third-order valence-corrected chi connectivity index (χ3v) is 2.91. The highest BCUT2D eigenvalue weighted by molar-refractivity contribution is 5.81. The van der Waals surface area contributed by atoms with Gasteiger partial charge < -0.3 is 10.6 Å². The molecule has 1 atom stereocenters. The summed E-state index contributed by atoms with van der Waals surface area (Å²) in [5, 5.41) is 10.6. The first-order valence-corrected chi connectivity index (χ1v) is 6.87.